The van der Waals surface area contributed by atoms with Gasteiger partial charge in [-0.15, -0.1) is 10.2 Å². The zero-order valence-corrected chi connectivity index (χ0v) is 17.7. The van der Waals surface area contributed by atoms with Crippen molar-refractivity contribution in [1.29, 1.82) is 0 Å². The lowest BCUT2D eigenvalue weighted by Gasteiger charge is -2.33. The van der Waals surface area contributed by atoms with Gasteiger partial charge in [-0.05, 0) is 42.9 Å². The van der Waals surface area contributed by atoms with Crippen molar-refractivity contribution in [3.8, 4) is 17.4 Å². The van der Waals surface area contributed by atoms with Crippen molar-refractivity contribution in [3.05, 3.63) is 35.0 Å². The van der Waals surface area contributed by atoms with Gasteiger partial charge in [-0.3, -0.25) is 0 Å². The number of rotatable bonds is 10. The summed E-state index contributed by atoms with van der Waals surface area (Å²) in [5, 5.41) is 11.6. The summed E-state index contributed by atoms with van der Waals surface area (Å²) in [6.45, 7) is 1.09. The van der Waals surface area contributed by atoms with Crippen molar-refractivity contribution < 1.29 is 18.4 Å². The van der Waals surface area contributed by atoms with E-state index in [1.165, 1.54) is 12.0 Å². The van der Waals surface area contributed by atoms with Crippen molar-refractivity contribution in [2.75, 3.05) is 32.4 Å². The number of methoxy groups -OCH3 is 2. The molecule has 152 valence electrons. The Bertz CT molecular complexity index is 790. The smallest absolute Gasteiger partial charge is 0.257 e. The summed E-state index contributed by atoms with van der Waals surface area (Å²) in [7, 11) is 3.25. The first-order valence-corrected chi connectivity index (χ1v) is 10.5. The minimum Gasteiger partial charge on any atom is -0.497 e. The molecule has 0 spiro atoms. The average Bonchev–Trinajstić information content (AvgIpc) is 2.68. The molecule has 0 saturated heterocycles. The number of benzene rings is 1. The van der Waals surface area contributed by atoms with Crippen LogP contribution in [0.3, 0.4) is 0 Å². The number of nitrogens with zero attached hydrogens (tertiary/aromatic N) is 2. The van der Waals surface area contributed by atoms with Gasteiger partial charge >= 0.3 is 0 Å². The van der Waals surface area contributed by atoms with E-state index in [0.717, 1.165) is 29.9 Å². The first-order chi connectivity index (χ1) is 13.6. The SMILES string of the molecule is COc1ccc(CNc2cc(Cl)nnc2OCC2CC(OSC)C2)c(OC)c1. The molecule has 1 heterocycles. The van der Waals surface area contributed by atoms with Crippen molar-refractivity contribution in [3.63, 3.8) is 0 Å². The molecule has 28 heavy (non-hydrogen) atoms. The summed E-state index contributed by atoms with van der Waals surface area (Å²) >= 11 is 7.43. The molecule has 9 heteroatoms. The average molecular weight is 426 g/mol. The number of anilines is 1. The summed E-state index contributed by atoms with van der Waals surface area (Å²) in [4.78, 5) is 0. The number of halogens is 1. The van der Waals surface area contributed by atoms with Gasteiger partial charge in [0.15, 0.2) is 5.15 Å². The molecule has 0 aliphatic heterocycles. The van der Waals surface area contributed by atoms with Gasteiger partial charge in [0.2, 0.25) is 0 Å². The third-order valence-electron chi connectivity index (χ3n) is 4.57. The normalized spacial score (nSPS) is 18.3. The Morgan fingerprint density at radius 3 is 2.71 bits per heavy atom. The highest BCUT2D eigenvalue weighted by Crippen LogP contribution is 2.34. The first-order valence-electron chi connectivity index (χ1n) is 8.93. The largest absolute Gasteiger partial charge is 0.497 e. The van der Waals surface area contributed by atoms with Crippen molar-refractivity contribution in [1.82, 2.24) is 10.2 Å². The molecular formula is C19H24ClN3O4S. The first kappa shape index (κ1) is 20.8. The Morgan fingerprint density at radius 2 is 2.00 bits per heavy atom. The standard InChI is InChI=1S/C19H24ClN3O4S/c1-24-14-5-4-13(17(8-14)25-2)10-21-16-9-18(20)22-23-19(16)26-11-12-6-15(7-12)27-28-3/h4-5,8-9,12,15H,6-7,10-11H2,1-3H3,(H,21,22). The minimum atomic E-state index is 0.300. The predicted molar refractivity (Wildman–Crippen MR) is 111 cm³/mol. The fraction of sp³-hybridized carbons (Fsp3) is 0.474. The molecule has 0 unspecified atom stereocenters. The number of ether oxygens (including phenoxy) is 3. The van der Waals surface area contributed by atoms with Crippen LogP contribution in [-0.2, 0) is 10.7 Å². The van der Waals surface area contributed by atoms with Gasteiger partial charge in [0.25, 0.3) is 5.88 Å². The number of nitrogens with one attached hydrogen (secondary N) is 1. The maximum absolute atomic E-state index is 6.02. The third kappa shape index (κ3) is 5.33. The Kier molecular flexibility index (Phi) is 7.47. The van der Waals surface area contributed by atoms with Gasteiger partial charge in [0.1, 0.15) is 17.2 Å². The highest BCUT2D eigenvalue weighted by molar-refractivity contribution is 7.93. The fourth-order valence-corrected chi connectivity index (χ4v) is 3.58. The Hall–Kier alpha value is -1.90. The van der Waals surface area contributed by atoms with E-state index in [9.17, 15) is 0 Å². The molecule has 1 saturated carbocycles. The summed E-state index contributed by atoms with van der Waals surface area (Å²) in [6, 6.07) is 7.39. The predicted octanol–water partition coefficient (Wildman–Crippen LogP) is 4.21. The van der Waals surface area contributed by atoms with E-state index < -0.39 is 0 Å². The van der Waals surface area contributed by atoms with Crippen LogP contribution in [0.15, 0.2) is 24.3 Å². The van der Waals surface area contributed by atoms with E-state index >= 15 is 0 Å². The van der Waals surface area contributed by atoms with E-state index in [4.69, 9.17) is 30.0 Å². The van der Waals surface area contributed by atoms with E-state index in [1.54, 1.807) is 20.3 Å². The zero-order valence-electron chi connectivity index (χ0n) is 16.1. The zero-order chi connectivity index (χ0) is 19.9. The lowest BCUT2D eigenvalue weighted by Crippen LogP contribution is -2.33. The molecule has 1 N–H and O–H groups in total. The molecule has 0 bridgehead atoms. The molecule has 1 fully saturated rings. The van der Waals surface area contributed by atoms with Crippen LogP contribution in [0.4, 0.5) is 5.69 Å². The van der Waals surface area contributed by atoms with E-state index in [0.29, 0.717) is 41.9 Å². The summed E-state index contributed by atoms with van der Waals surface area (Å²) in [5.41, 5.74) is 1.66. The molecular weight excluding hydrogens is 402 g/mol. The van der Waals surface area contributed by atoms with Crippen LogP contribution in [0.25, 0.3) is 0 Å². The maximum atomic E-state index is 6.02. The topological polar surface area (TPSA) is 74.7 Å². The number of hydrogen-bond donors (Lipinski definition) is 1. The molecule has 0 radical (unpaired) electrons. The van der Waals surface area contributed by atoms with Crippen LogP contribution < -0.4 is 19.5 Å². The van der Waals surface area contributed by atoms with Gasteiger partial charge in [-0.1, -0.05) is 11.6 Å². The van der Waals surface area contributed by atoms with Crippen molar-refractivity contribution in [2.45, 2.75) is 25.5 Å². The van der Waals surface area contributed by atoms with Crippen LogP contribution in [-0.4, -0.2) is 43.4 Å². The quantitative estimate of drug-likeness (QED) is 0.567. The highest BCUT2D eigenvalue weighted by atomic mass is 35.5. The molecule has 3 rings (SSSR count). The molecule has 1 aromatic heterocycles. The van der Waals surface area contributed by atoms with Crippen LogP contribution in [0.2, 0.25) is 5.15 Å². The van der Waals surface area contributed by atoms with Crippen LogP contribution >= 0.6 is 23.6 Å². The van der Waals surface area contributed by atoms with Gasteiger partial charge in [-0.25, -0.2) is 0 Å². The van der Waals surface area contributed by atoms with Crippen LogP contribution in [0.5, 0.6) is 17.4 Å². The van der Waals surface area contributed by atoms with Gasteiger partial charge in [0, 0.05) is 30.5 Å². The molecule has 1 aliphatic rings. The highest BCUT2D eigenvalue weighted by Gasteiger charge is 2.31. The molecule has 7 nitrogen and oxygen atoms in total. The lowest BCUT2D eigenvalue weighted by atomic mass is 9.83. The van der Waals surface area contributed by atoms with Gasteiger partial charge < -0.3 is 23.7 Å². The lowest BCUT2D eigenvalue weighted by molar-refractivity contribution is 0.0524. The second-order valence-corrected chi connectivity index (χ2v) is 7.36. The van der Waals surface area contributed by atoms with Gasteiger partial charge in [-0.2, -0.15) is 0 Å². The molecule has 1 aromatic carbocycles. The second-order valence-electron chi connectivity index (χ2n) is 6.45. The third-order valence-corrected chi connectivity index (χ3v) is 5.22. The number of hydrogen-bond acceptors (Lipinski definition) is 8. The van der Waals surface area contributed by atoms with Crippen molar-refractivity contribution in [2.24, 2.45) is 5.92 Å². The Labute approximate surface area is 174 Å². The van der Waals surface area contributed by atoms with Crippen molar-refractivity contribution >= 4 is 29.3 Å². The molecule has 2 aromatic rings. The fourth-order valence-electron chi connectivity index (χ4n) is 3.00. The Morgan fingerprint density at radius 1 is 1.18 bits per heavy atom. The molecule has 0 atom stereocenters. The summed E-state index contributed by atoms with van der Waals surface area (Å²) < 4.78 is 22.1. The molecule has 1 aliphatic carbocycles. The summed E-state index contributed by atoms with van der Waals surface area (Å²) in [5.74, 6) is 2.37. The van der Waals surface area contributed by atoms with Gasteiger partial charge in [0.05, 0.1) is 26.9 Å². The minimum absolute atomic E-state index is 0.300. The van der Waals surface area contributed by atoms with Crippen LogP contribution in [0, 0.1) is 5.92 Å². The number of aromatic nitrogens is 2. The maximum Gasteiger partial charge on any atom is 0.257 e. The van der Waals surface area contributed by atoms with E-state index in [2.05, 4.69) is 15.5 Å². The van der Waals surface area contributed by atoms with Crippen LogP contribution in [0.1, 0.15) is 18.4 Å². The molecule has 0 amide bonds. The van der Waals surface area contributed by atoms with E-state index in [-0.39, 0.29) is 0 Å². The monoisotopic (exact) mass is 425 g/mol. The summed E-state index contributed by atoms with van der Waals surface area (Å²) in [6.07, 6.45) is 4.24. The second kappa shape index (κ2) is 10.0. The Balaban J connectivity index is 1.61. The van der Waals surface area contributed by atoms with E-state index in [1.807, 2.05) is 24.5 Å².